The fourth-order valence-electron chi connectivity index (χ4n) is 1.81. The van der Waals surface area contributed by atoms with Crippen molar-refractivity contribution in [2.24, 2.45) is 0 Å². The molecule has 1 aromatic rings. The second-order valence-corrected chi connectivity index (χ2v) is 4.12. The Morgan fingerprint density at radius 1 is 1.59 bits per heavy atom. The van der Waals surface area contributed by atoms with Gasteiger partial charge in [-0.15, -0.1) is 5.10 Å². The van der Waals surface area contributed by atoms with E-state index in [0.717, 1.165) is 18.5 Å². The molecule has 1 saturated carbocycles. The number of rotatable bonds is 6. The number of aryl methyl sites for hydroxylation is 1. The molecule has 6 nitrogen and oxygen atoms in total. The van der Waals surface area contributed by atoms with Crippen molar-refractivity contribution in [3.63, 3.8) is 0 Å². The number of esters is 1. The van der Waals surface area contributed by atoms with Crippen LogP contribution in [0.1, 0.15) is 48.3 Å². The molecule has 2 rings (SSSR count). The molecule has 1 aliphatic carbocycles. The molecule has 1 fully saturated rings. The molecule has 0 aromatic carbocycles. The summed E-state index contributed by atoms with van der Waals surface area (Å²) in [6, 6.07) is 0. The molecule has 0 bridgehead atoms. The SMILES string of the molecule is CCOC(=O)c1nnn(CCCO)c1C1CC1. The maximum absolute atomic E-state index is 11.7. The zero-order valence-corrected chi connectivity index (χ0v) is 9.93. The van der Waals surface area contributed by atoms with Gasteiger partial charge in [-0.1, -0.05) is 5.21 Å². The first-order valence-corrected chi connectivity index (χ1v) is 5.99. The van der Waals surface area contributed by atoms with E-state index in [1.807, 2.05) is 0 Å². The highest BCUT2D eigenvalue weighted by Gasteiger charge is 2.34. The standard InChI is InChI=1S/C11H17N3O3/c1-2-17-11(16)9-10(8-4-5-8)14(13-12-9)6-3-7-15/h8,15H,2-7H2,1H3. The van der Waals surface area contributed by atoms with Gasteiger partial charge in [-0.05, 0) is 26.2 Å². The molecule has 1 N–H and O–H groups in total. The molecule has 1 aromatic heterocycles. The molecule has 0 saturated heterocycles. The van der Waals surface area contributed by atoms with Crippen molar-refractivity contribution >= 4 is 5.97 Å². The Bertz CT molecular complexity index is 399. The van der Waals surface area contributed by atoms with E-state index in [0.29, 0.717) is 31.2 Å². The van der Waals surface area contributed by atoms with Gasteiger partial charge in [0.15, 0.2) is 5.69 Å². The Morgan fingerprint density at radius 2 is 2.35 bits per heavy atom. The molecule has 1 aliphatic rings. The molecule has 0 aliphatic heterocycles. The average molecular weight is 239 g/mol. The number of aromatic nitrogens is 3. The van der Waals surface area contributed by atoms with E-state index in [2.05, 4.69) is 10.3 Å². The largest absolute Gasteiger partial charge is 0.461 e. The summed E-state index contributed by atoms with van der Waals surface area (Å²) in [5.74, 6) is -0.0206. The predicted molar refractivity (Wildman–Crippen MR) is 59.7 cm³/mol. The first-order chi connectivity index (χ1) is 8.27. The van der Waals surface area contributed by atoms with Gasteiger partial charge in [-0.2, -0.15) is 0 Å². The normalized spacial score (nSPS) is 14.9. The van der Waals surface area contributed by atoms with Gasteiger partial charge in [-0.25, -0.2) is 9.48 Å². The van der Waals surface area contributed by atoms with Crippen LogP contribution in [0.5, 0.6) is 0 Å². The van der Waals surface area contributed by atoms with Crippen molar-refractivity contribution in [1.82, 2.24) is 15.0 Å². The minimum absolute atomic E-state index is 0.110. The summed E-state index contributed by atoms with van der Waals surface area (Å²) in [6.07, 6.45) is 2.75. The van der Waals surface area contributed by atoms with Crippen LogP contribution in [0.2, 0.25) is 0 Å². The van der Waals surface area contributed by atoms with Gasteiger partial charge in [0.25, 0.3) is 0 Å². The first-order valence-electron chi connectivity index (χ1n) is 5.99. The molecule has 0 radical (unpaired) electrons. The molecule has 0 spiro atoms. The molecule has 94 valence electrons. The number of hydrogen-bond donors (Lipinski definition) is 1. The lowest BCUT2D eigenvalue weighted by Crippen LogP contribution is -2.11. The second kappa shape index (κ2) is 5.27. The van der Waals surface area contributed by atoms with Crippen LogP contribution in [0.15, 0.2) is 0 Å². The maximum atomic E-state index is 11.7. The summed E-state index contributed by atoms with van der Waals surface area (Å²) in [5, 5.41) is 16.7. The van der Waals surface area contributed by atoms with Crippen LogP contribution in [0.3, 0.4) is 0 Å². The summed E-state index contributed by atoms with van der Waals surface area (Å²) in [6.45, 7) is 2.81. The van der Waals surface area contributed by atoms with Crippen molar-refractivity contribution in [2.75, 3.05) is 13.2 Å². The molecular weight excluding hydrogens is 222 g/mol. The molecule has 6 heteroatoms. The summed E-state index contributed by atoms with van der Waals surface area (Å²) in [7, 11) is 0. The van der Waals surface area contributed by atoms with Crippen LogP contribution >= 0.6 is 0 Å². The Morgan fingerprint density at radius 3 is 2.94 bits per heavy atom. The molecule has 1 heterocycles. The summed E-state index contributed by atoms with van der Waals surface area (Å²) < 4.78 is 6.68. The van der Waals surface area contributed by atoms with Crippen molar-refractivity contribution in [3.05, 3.63) is 11.4 Å². The molecule has 0 amide bonds. The average Bonchev–Trinajstić information content (AvgIpc) is 3.07. The van der Waals surface area contributed by atoms with Crippen LogP contribution in [0.25, 0.3) is 0 Å². The highest BCUT2D eigenvalue weighted by Crippen LogP contribution is 2.41. The first kappa shape index (κ1) is 12.0. The molecule has 0 unspecified atom stereocenters. The topological polar surface area (TPSA) is 77.2 Å². The fourth-order valence-corrected chi connectivity index (χ4v) is 1.81. The fraction of sp³-hybridized carbons (Fsp3) is 0.727. The van der Waals surface area contributed by atoms with E-state index in [9.17, 15) is 4.79 Å². The third-order valence-corrected chi connectivity index (χ3v) is 2.73. The Hall–Kier alpha value is -1.43. The van der Waals surface area contributed by atoms with E-state index in [4.69, 9.17) is 9.84 Å². The number of hydrogen-bond acceptors (Lipinski definition) is 5. The van der Waals surface area contributed by atoms with E-state index >= 15 is 0 Å². The number of nitrogens with zero attached hydrogens (tertiary/aromatic N) is 3. The summed E-state index contributed by atoms with van der Waals surface area (Å²) in [5.41, 5.74) is 1.21. The zero-order valence-electron chi connectivity index (χ0n) is 9.93. The monoisotopic (exact) mass is 239 g/mol. The number of aliphatic hydroxyl groups excluding tert-OH is 1. The van der Waals surface area contributed by atoms with E-state index in [-0.39, 0.29) is 6.61 Å². The van der Waals surface area contributed by atoms with Gasteiger partial charge in [-0.3, -0.25) is 0 Å². The van der Waals surface area contributed by atoms with Gasteiger partial charge in [0.1, 0.15) is 0 Å². The minimum Gasteiger partial charge on any atom is -0.461 e. The maximum Gasteiger partial charge on any atom is 0.360 e. The van der Waals surface area contributed by atoms with Gasteiger partial charge in [0, 0.05) is 19.1 Å². The van der Waals surface area contributed by atoms with Gasteiger partial charge in [0.2, 0.25) is 0 Å². The van der Waals surface area contributed by atoms with Gasteiger partial charge in [0.05, 0.1) is 12.3 Å². The van der Waals surface area contributed by atoms with Gasteiger partial charge < -0.3 is 9.84 Å². The lowest BCUT2D eigenvalue weighted by molar-refractivity contribution is 0.0518. The van der Waals surface area contributed by atoms with Crippen LogP contribution in [0, 0.1) is 0 Å². The third kappa shape index (κ3) is 2.63. The smallest absolute Gasteiger partial charge is 0.360 e. The van der Waals surface area contributed by atoms with Crippen LogP contribution in [-0.2, 0) is 11.3 Å². The van der Waals surface area contributed by atoms with Gasteiger partial charge >= 0.3 is 5.97 Å². The Balaban J connectivity index is 2.20. The number of aliphatic hydroxyl groups is 1. The van der Waals surface area contributed by atoms with Crippen LogP contribution in [-0.4, -0.2) is 39.3 Å². The van der Waals surface area contributed by atoms with Crippen molar-refractivity contribution in [1.29, 1.82) is 0 Å². The Labute approximate surface area is 99.6 Å². The number of ether oxygens (including phenoxy) is 1. The van der Waals surface area contributed by atoms with Crippen LogP contribution in [0.4, 0.5) is 0 Å². The van der Waals surface area contributed by atoms with Crippen LogP contribution < -0.4 is 0 Å². The Kier molecular flexibility index (Phi) is 3.73. The highest BCUT2D eigenvalue weighted by molar-refractivity contribution is 5.88. The van der Waals surface area contributed by atoms with Crippen molar-refractivity contribution in [2.45, 2.75) is 38.6 Å². The molecule has 0 atom stereocenters. The predicted octanol–water partition coefficient (Wildman–Crippen LogP) is 0.715. The quantitative estimate of drug-likeness (QED) is 0.740. The lowest BCUT2D eigenvalue weighted by Gasteiger charge is -2.05. The molecular formula is C11H17N3O3. The van der Waals surface area contributed by atoms with Crippen molar-refractivity contribution < 1.29 is 14.6 Å². The third-order valence-electron chi connectivity index (χ3n) is 2.73. The van der Waals surface area contributed by atoms with E-state index in [1.54, 1.807) is 11.6 Å². The molecule has 17 heavy (non-hydrogen) atoms. The minimum atomic E-state index is -0.398. The number of carbonyl (C=O) groups is 1. The summed E-state index contributed by atoms with van der Waals surface area (Å²) in [4.78, 5) is 11.7. The summed E-state index contributed by atoms with van der Waals surface area (Å²) >= 11 is 0. The van der Waals surface area contributed by atoms with E-state index < -0.39 is 5.97 Å². The second-order valence-electron chi connectivity index (χ2n) is 4.12. The van der Waals surface area contributed by atoms with E-state index in [1.165, 1.54) is 0 Å². The highest BCUT2D eigenvalue weighted by atomic mass is 16.5. The number of carbonyl (C=O) groups excluding carboxylic acids is 1. The zero-order chi connectivity index (χ0) is 12.3. The lowest BCUT2D eigenvalue weighted by atomic mass is 10.2. The van der Waals surface area contributed by atoms with Crippen molar-refractivity contribution in [3.8, 4) is 0 Å².